The molecule has 11 heteroatoms. The van der Waals surface area contributed by atoms with Crippen molar-refractivity contribution in [3.8, 4) is 17.2 Å². The topological polar surface area (TPSA) is 95.4 Å². The van der Waals surface area contributed by atoms with Crippen LogP contribution in [0.1, 0.15) is 22.3 Å². The molecule has 4 heterocycles. The first-order chi connectivity index (χ1) is 18.2. The highest BCUT2D eigenvalue weighted by molar-refractivity contribution is 7.23. The average molecular weight is 552 g/mol. The van der Waals surface area contributed by atoms with Crippen LogP contribution in [0.4, 0.5) is 13.8 Å². The Hall–Kier alpha value is -3.94. The number of rotatable bonds is 2. The van der Waals surface area contributed by atoms with Gasteiger partial charge in [-0.3, -0.25) is 9.59 Å². The van der Waals surface area contributed by atoms with Gasteiger partial charge in [-0.25, -0.2) is 8.78 Å². The van der Waals surface area contributed by atoms with Crippen LogP contribution in [0.15, 0.2) is 37.1 Å². The lowest BCUT2D eigenvalue weighted by atomic mass is 9.93. The summed E-state index contributed by atoms with van der Waals surface area (Å²) in [7, 11) is 0. The molecule has 2 amide bonds. The Labute approximate surface area is 224 Å². The van der Waals surface area contributed by atoms with Gasteiger partial charge in [-0.1, -0.05) is 24.2 Å². The Kier molecular flexibility index (Phi) is 5.67. The van der Waals surface area contributed by atoms with Crippen molar-refractivity contribution in [3.63, 3.8) is 0 Å². The number of nitrogens with two attached hydrogens (primary N) is 1. The zero-order valence-corrected chi connectivity index (χ0v) is 21.5. The fourth-order valence-corrected chi connectivity index (χ4v) is 6.94. The van der Waals surface area contributed by atoms with E-state index >= 15 is 4.39 Å². The quantitative estimate of drug-likeness (QED) is 0.348. The molecule has 2 aliphatic rings. The van der Waals surface area contributed by atoms with Gasteiger partial charge >= 0.3 is 0 Å². The van der Waals surface area contributed by atoms with Crippen molar-refractivity contribution < 1.29 is 18.4 Å². The van der Waals surface area contributed by atoms with Crippen LogP contribution in [0, 0.1) is 23.0 Å². The first-order valence-corrected chi connectivity index (χ1v) is 13.1. The number of benzene rings is 2. The Balaban J connectivity index is 1.57. The van der Waals surface area contributed by atoms with Crippen LogP contribution >= 0.6 is 22.9 Å². The summed E-state index contributed by atoms with van der Waals surface area (Å²) in [6.45, 7) is 5.03. The minimum absolute atomic E-state index is 0.0682. The first-order valence-electron chi connectivity index (χ1n) is 11.9. The minimum atomic E-state index is -0.723. The summed E-state index contributed by atoms with van der Waals surface area (Å²) in [6.07, 6.45) is 3.47. The monoisotopic (exact) mass is 551 g/mol. The van der Waals surface area contributed by atoms with Gasteiger partial charge in [0, 0.05) is 48.7 Å². The van der Waals surface area contributed by atoms with Crippen molar-refractivity contribution in [1.29, 1.82) is 5.26 Å². The lowest BCUT2D eigenvalue weighted by Crippen LogP contribution is -2.57. The van der Waals surface area contributed by atoms with Crippen molar-refractivity contribution in [2.45, 2.75) is 19.0 Å². The second-order valence-corrected chi connectivity index (χ2v) is 10.8. The van der Waals surface area contributed by atoms with Gasteiger partial charge in [0.1, 0.15) is 22.7 Å². The molecule has 4 aromatic rings. The number of carbonyl (C=O) groups excluding carboxylic acids is 2. The maximum atomic E-state index is 16.1. The molecule has 0 spiro atoms. The molecule has 192 valence electrons. The molecule has 1 atom stereocenters. The minimum Gasteiger partial charge on any atom is -0.389 e. The molecule has 2 aliphatic heterocycles. The molecule has 6 rings (SSSR count). The van der Waals surface area contributed by atoms with Crippen molar-refractivity contribution in [1.82, 2.24) is 14.4 Å². The first kappa shape index (κ1) is 24.4. The van der Waals surface area contributed by atoms with E-state index in [0.717, 1.165) is 11.3 Å². The molecule has 0 aliphatic carbocycles. The third-order valence-electron chi connectivity index (χ3n) is 7.41. The third-order valence-corrected chi connectivity index (χ3v) is 8.72. The van der Waals surface area contributed by atoms with Gasteiger partial charge in [0.05, 0.1) is 32.4 Å². The second kappa shape index (κ2) is 8.82. The number of carbonyl (C=O) groups is 2. The largest absolute Gasteiger partial charge is 0.389 e. The summed E-state index contributed by atoms with van der Waals surface area (Å²) in [6, 6.07) is 5.57. The van der Waals surface area contributed by atoms with E-state index in [2.05, 4.69) is 6.58 Å². The van der Waals surface area contributed by atoms with E-state index in [1.165, 1.54) is 24.3 Å². The highest BCUT2D eigenvalue weighted by atomic mass is 35.5. The van der Waals surface area contributed by atoms with Gasteiger partial charge in [-0.15, -0.1) is 11.3 Å². The maximum Gasteiger partial charge on any atom is 0.256 e. The van der Waals surface area contributed by atoms with Crippen LogP contribution in [0.25, 0.3) is 32.1 Å². The standard InChI is InChI=1S/C27H20ClF2N5O2S/c1-2-20(36)33-7-8-35-13(11-33)5-6-34-12-17(28)23-22(19(30)9-15(24(23)34)27(35)37)14-3-4-18(29)25-21(14)16(10-31)26(32)38-25/h2-4,9,12-13H,1,5-8,11,32H2. The van der Waals surface area contributed by atoms with Crippen LogP contribution in [0.5, 0.6) is 0 Å². The van der Waals surface area contributed by atoms with Gasteiger partial charge in [0.15, 0.2) is 0 Å². The van der Waals surface area contributed by atoms with Crippen molar-refractivity contribution in [2.24, 2.45) is 0 Å². The molecule has 2 N–H and O–H groups in total. The van der Waals surface area contributed by atoms with E-state index in [1.807, 2.05) is 10.6 Å². The number of hydrogen-bond donors (Lipinski definition) is 1. The van der Waals surface area contributed by atoms with Crippen LogP contribution in [-0.4, -0.2) is 51.9 Å². The SMILES string of the molecule is C=CC(=O)N1CCN2C(=O)c3cc(F)c(-c4ccc(F)c5sc(N)c(C#N)c45)c4c(Cl)cn(c34)CCC2C1. The second-order valence-electron chi connectivity index (χ2n) is 9.36. The number of hydrogen-bond acceptors (Lipinski definition) is 5. The van der Waals surface area contributed by atoms with E-state index in [0.29, 0.717) is 43.5 Å². The Morgan fingerprint density at radius 1 is 1.21 bits per heavy atom. The van der Waals surface area contributed by atoms with Gasteiger partial charge in [0.25, 0.3) is 5.91 Å². The molecule has 0 saturated carbocycles. The summed E-state index contributed by atoms with van der Waals surface area (Å²) < 4.78 is 32.7. The third kappa shape index (κ3) is 3.42. The van der Waals surface area contributed by atoms with Crippen molar-refractivity contribution in [3.05, 3.63) is 64.8 Å². The van der Waals surface area contributed by atoms with Crippen LogP contribution < -0.4 is 5.73 Å². The lowest BCUT2D eigenvalue weighted by Gasteiger charge is -2.42. The number of nitrogen functional groups attached to an aromatic ring is 1. The average Bonchev–Trinajstić information content (AvgIpc) is 3.42. The van der Waals surface area contributed by atoms with Gasteiger partial charge < -0.3 is 20.1 Å². The summed E-state index contributed by atoms with van der Waals surface area (Å²) in [5, 5.41) is 10.6. The summed E-state index contributed by atoms with van der Waals surface area (Å²) in [5.41, 5.74) is 7.05. The van der Waals surface area contributed by atoms with E-state index in [1.54, 1.807) is 16.0 Å². The Morgan fingerprint density at radius 3 is 2.74 bits per heavy atom. The predicted octanol–water partition coefficient (Wildman–Crippen LogP) is 5.15. The van der Waals surface area contributed by atoms with Crippen LogP contribution in [0.3, 0.4) is 0 Å². The van der Waals surface area contributed by atoms with E-state index < -0.39 is 11.6 Å². The molecule has 7 nitrogen and oxygen atoms in total. The number of amides is 2. The molecular weight excluding hydrogens is 532 g/mol. The van der Waals surface area contributed by atoms with Crippen molar-refractivity contribution >= 4 is 60.7 Å². The van der Waals surface area contributed by atoms with Crippen LogP contribution in [-0.2, 0) is 11.3 Å². The summed E-state index contributed by atoms with van der Waals surface area (Å²) >= 11 is 7.62. The number of aromatic nitrogens is 1. The molecule has 2 aromatic carbocycles. The van der Waals surface area contributed by atoms with Crippen LogP contribution in [0.2, 0.25) is 5.02 Å². The number of aryl methyl sites for hydroxylation is 1. The molecule has 0 bridgehead atoms. The fraction of sp³-hybridized carbons (Fsp3) is 0.222. The molecular formula is C27H20ClF2N5O2S. The number of nitrogens with zero attached hydrogens (tertiary/aromatic N) is 4. The Bertz CT molecular complexity index is 1750. The normalized spacial score (nSPS) is 17.3. The zero-order valence-electron chi connectivity index (χ0n) is 19.9. The number of halogens is 3. The number of piperazine rings is 1. The summed E-state index contributed by atoms with van der Waals surface area (Å²) in [5.74, 6) is -1.84. The highest BCUT2D eigenvalue weighted by Crippen LogP contribution is 2.46. The lowest BCUT2D eigenvalue weighted by molar-refractivity contribution is -0.128. The van der Waals surface area contributed by atoms with Crippen molar-refractivity contribution in [2.75, 3.05) is 25.4 Å². The number of nitriles is 1. The number of fused-ring (bicyclic) bond motifs is 2. The van der Waals surface area contributed by atoms with E-state index in [-0.39, 0.29) is 60.2 Å². The molecule has 1 saturated heterocycles. The molecule has 1 fully saturated rings. The van der Waals surface area contributed by atoms with Gasteiger partial charge in [0.2, 0.25) is 5.91 Å². The molecule has 1 unspecified atom stereocenters. The van der Waals surface area contributed by atoms with Gasteiger partial charge in [-0.2, -0.15) is 5.26 Å². The maximum absolute atomic E-state index is 16.1. The highest BCUT2D eigenvalue weighted by Gasteiger charge is 2.36. The predicted molar refractivity (Wildman–Crippen MR) is 143 cm³/mol. The fourth-order valence-electron chi connectivity index (χ4n) is 5.69. The smallest absolute Gasteiger partial charge is 0.256 e. The summed E-state index contributed by atoms with van der Waals surface area (Å²) in [4.78, 5) is 29.3. The van der Waals surface area contributed by atoms with E-state index in [9.17, 15) is 19.2 Å². The molecule has 0 radical (unpaired) electrons. The molecule has 2 aromatic heterocycles. The Morgan fingerprint density at radius 2 is 2.00 bits per heavy atom. The number of anilines is 1. The number of thiophene rings is 1. The van der Waals surface area contributed by atoms with E-state index in [4.69, 9.17) is 17.3 Å². The van der Waals surface area contributed by atoms with Gasteiger partial charge in [-0.05, 0) is 30.2 Å². The zero-order chi connectivity index (χ0) is 26.9. The molecule has 38 heavy (non-hydrogen) atoms.